The maximum atomic E-state index is 12.0. The number of nitrogens with one attached hydrogen (secondary N) is 1. The number of ether oxygens (including phenoxy) is 4. The van der Waals surface area contributed by atoms with Gasteiger partial charge in [-0.25, -0.2) is 0 Å². The molecule has 0 bridgehead atoms. The molecule has 32 heavy (non-hydrogen) atoms. The summed E-state index contributed by atoms with van der Waals surface area (Å²) in [5.74, 6) is -2.43. The lowest BCUT2D eigenvalue weighted by Gasteiger charge is -2.47. The van der Waals surface area contributed by atoms with Crippen LogP contribution in [0.5, 0.6) is 0 Å². The first-order valence-electron chi connectivity index (χ1n) is 10.6. The molecule has 3 fully saturated rings. The Kier molecular flexibility index (Phi) is 8.44. The molecule has 1 aliphatic carbocycles. The number of hydrogen-bond acceptors (Lipinski definition) is 13. The molecule has 186 valence electrons. The molecule has 2 saturated heterocycles. The monoisotopic (exact) mass is 467 g/mol. The highest BCUT2D eigenvalue weighted by Crippen LogP contribution is 2.34. The van der Waals surface area contributed by atoms with E-state index in [4.69, 9.17) is 18.9 Å². The van der Waals surface area contributed by atoms with Gasteiger partial charge >= 0.3 is 5.97 Å². The summed E-state index contributed by atoms with van der Waals surface area (Å²) in [7, 11) is 1.24. The molecule has 13 heteroatoms. The standard InChI is InChI=1S/C19H33NO12/c1-29-17(27)9(4-8-2-3-8)20-7-19(28)16(26)15(10(22)6-30-19)32-18-14(25)13(24)12(23)11(5-21)31-18/h8-16,18,20-26,28H,2-7H2,1H3. The number of carbonyl (C=O) groups is 1. The van der Waals surface area contributed by atoms with Crippen molar-refractivity contribution in [1.82, 2.24) is 5.32 Å². The third-order valence-corrected chi connectivity index (χ3v) is 6.15. The van der Waals surface area contributed by atoms with Gasteiger partial charge in [0, 0.05) is 0 Å². The Morgan fingerprint density at radius 2 is 1.84 bits per heavy atom. The van der Waals surface area contributed by atoms with Gasteiger partial charge in [-0.3, -0.25) is 10.1 Å². The number of aliphatic hydroxyl groups excluding tert-OH is 6. The van der Waals surface area contributed by atoms with E-state index in [-0.39, 0.29) is 0 Å². The summed E-state index contributed by atoms with van der Waals surface area (Å²) in [5.41, 5.74) is 0. The molecule has 13 nitrogen and oxygen atoms in total. The zero-order valence-corrected chi connectivity index (χ0v) is 17.7. The Bertz CT molecular complexity index is 633. The molecular formula is C19H33NO12. The van der Waals surface area contributed by atoms with Crippen molar-refractivity contribution < 1.29 is 59.5 Å². The number of rotatable bonds is 9. The number of methoxy groups -OCH3 is 1. The maximum absolute atomic E-state index is 12.0. The second-order valence-electron chi connectivity index (χ2n) is 8.60. The average Bonchev–Trinajstić information content (AvgIpc) is 3.60. The van der Waals surface area contributed by atoms with Crippen LogP contribution >= 0.6 is 0 Å². The first kappa shape index (κ1) is 25.6. The highest BCUT2D eigenvalue weighted by molar-refractivity contribution is 5.75. The topological polar surface area (TPSA) is 208 Å². The van der Waals surface area contributed by atoms with Gasteiger partial charge in [-0.15, -0.1) is 0 Å². The number of carbonyl (C=O) groups excluding carboxylic acids is 1. The Morgan fingerprint density at radius 3 is 2.44 bits per heavy atom. The smallest absolute Gasteiger partial charge is 0.322 e. The van der Waals surface area contributed by atoms with E-state index >= 15 is 0 Å². The van der Waals surface area contributed by atoms with E-state index in [1.807, 2.05) is 0 Å². The molecule has 0 spiro atoms. The van der Waals surface area contributed by atoms with E-state index in [9.17, 15) is 40.5 Å². The second kappa shape index (κ2) is 10.5. The second-order valence-corrected chi connectivity index (χ2v) is 8.60. The van der Waals surface area contributed by atoms with Crippen LogP contribution in [0, 0.1) is 5.92 Å². The van der Waals surface area contributed by atoms with E-state index in [1.165, 1.54) is 7.11 Å². The van der Waals surface area contributed by atoms with Crippen LogP contribution in [0.15, 0.2) is 0 Å². The lowest BCUT2D eigenvalue weighted by Crippen LogP contribution is -2.68. The predicted molar refractivity (Wildman–Crippen MR) is 103 cm³/mol. The lowest BCUT2D eigenvalue weighted by atomic mass is 9.95. The minimum atomic E-state index is -2.27. The fourth-order valence-electron chi connectivity index (χ4n) is 3.89. The zero-order chi connectivity index (χ0) is 23.6. The molecular weight excluding hydrogens is 434 g/mol. The van der Waals surface area contributed by atoms with Crippen LogP contribution in [0.4, 0.5) is 0 Å². The van der Waals surface area contributed by atoms with Gasteiger partial charge in [-0.1, -0.05) is 12.8 Å². The van der Waals surface area contributed by atoms with Crippen molar-refractivity contribution in [2.75, 3.05) is 26.9 Å². The molecule has 10 unspecified atom stereocenters. The van der Waals surface area contributed by atoms with Gasteiger partial charge in [0.15, 0.2) is 6.29 Å². The predicted octanol–water partition coefficient (Wildman–Crippen LogP) is -4.46. The van der Waals surface area contributed by atoms with E-state index < -0.39 is 86.6 Å². The summed E-state index contributed by atoms with van der Waals surface area (Å²) in [4.78, 5) is 12.0. The molecule has 2 heterocycles. The third kappa shape index (κ3) is 5.56. The molecule has 0 amide bonds. The normalized spacial score (nSPS) is 43.6. The summed E-state index contributed by atoms with van der Waals surface area (Å²) >= 11 is 0. The quantitative estimate of drug-likeness (QED) is 0.151. The number of aliphatic hydroxyl groups is 7. The molecule has 3 aliphatic rings. The lowest BCUT2D eigenvalue weighted by molar-refractivity contribution is -0.367. The summed E-state index contributed by atoms with van der Waals surface area (Å²) in [6.45, 7) is -1.54. The Morgan fingerprint density at radius 1 is 1.16 bits per heavy atom. The highest BCUT2D eigenvalue weighted by Gasteiger charge is 2.53. The molecule has 8 N–H and O–H groups in total. The molecule has 0 radical (unpaired) electrons. The average molecular weight is 467 g/mol. The molecule has 0 aromatic carbocycles. The molecule has 2 aliphatic heterocycles. The Labute approximate surface area is 184 Å². The van der Waals surface area contributed by atoms with Gasteiger partial charge in [-0.05, 0) is 12.3 Å². The summed E-state index contributed by atoms with van der Waals surface area (Å²) in [6, 6.07) is -0.732. The van der Waals surface area contributed by atoms with Gasteiger partial charge in [0.1, 0.15) is 48.8 Å². The van der Waals surface area contributed by atoms with Crippen LogP contribution in [-0.4, -0.2) is 129 Å². The third-order valence-electron chi connectivity index (χ3n) is 6.15. The van der Waals surface area contributed by atoms with E-state index in [2.05, 4.69) is 5.32 Å². The van der Waals surface area contributed by atoms with Gasteiger partial charge in [0.05, 0.1) is 26.9 Å². The van der Waals surface area contributed by atoms with Crippen molar-refractivity contribution in [3.05, 3.63) is 0 Å². The highest BCUT2D eigenvalue weighted by atomic mass is 16.7. The van der Waals surface area contributed by atoms with Crippen molar-refractivity contribution in [3.8, 4) is 0 Å². The van der Waals surface area contributed by atoms with E-state index in [0.717, 1.165) is 12.8 Å². The fourth-order valence-corrected chi connectivity index (χ4v) is 3.89. The largest absolute Gasteiger partial charge is 0.468 e. The SMILES string of the molecule is COC(=O)C(CC1CC1)NCC1(O)OCC(O)C(OC2OC(CO)C(O)C(O)C2O)C1O. The van der Waals surface area contributed by atoms with Gasteiger partial charge in [-0.2, -0.15) is 0 Å². The zero-order valence-electron chi connectivity index (χ0n) is 17.7. The summed E-state index contributed by atoms with van der Waals surface area (Å²) in [5, 5.41) is 73.8. The van der Waals surface area contributed by atoms with Crippen molar-refractivity contribution in [1.29, 1.82) is 0 Å². The molecule has 0 aromatic rings. The summed E-state index contributed by atoms with van der Waals surface area (Å²) in [6.07, 6.45) is -10.3. The molecule has 0 aromatic heterocycles. The molecule has 1 saturated carbocycles. The van der Waals surface area contributed by atoms with E-state index in [1.54, 1.807) is 0 Å². The minimum absolute atomic E-state index is 0.363. The number of hydrogen-bond donors (Lipinski definition) is 8. The summed E-state index contributed by atoms with van der Waals surface area (Å²) < 4.78 is 20.7. The van der Waals surface area contributed by atoms with Crippen molar-refractivity contribution in [2.45, 2.75) is 80.1 Å². The van der Waals surface area contributed by atoms with Crippen molar-refractivity contribution in [3.63, 3.8) is 0 Å². The Balaban J connectivity index is 1.66. The minimum Gasteiger partial charge on any atom is -0.468 e. The van der Waals surface area contributed by atoms with E-state index in [0.29, 0.717) is 12.3 Å². The van der Waals surface area contributed by atoms with Crippen LogP contribution in [0.25, 0.3) is 0 Å². The fraction of sp³-hybridized carbons (Fsp3) is 0.947. The number of esters is 1. The van der Waals surface area contributed by atoms with Gasteiger partial charge in [0.2, 0.25) is 5.79 Å². The Hall–Kier alpha value is -0.970. The molecule has 3 rings (SSSR count). The van der Waals surface area contributed by atoms with Gasteiger partial charge < -0.3 is 54.7 Å². The van der Waals surface area contributed by atoms with Crippen molar-refractivity contribution >= 4 is 5.97 Å². The van der Waals surface area contributed by atoms with Crippen LogP contribution in [-0.2, 0) is 23.7 Å². The first-order valence-corrected chi connectivity index (χ1v) is 10.6. The van der Waals surface area contributed by atoms with Crippen LogP contribution < -0.4 is 5.32 Å². The maximum Gasteiger partial charge on any atom is 0.322 e. The van der Waals surface area contributed by atoms with Crippen molar-refractivity contribution in [2.24, 2.45) is 5.92 Å². The first-order chi connectivity index (χ1) is 15.1. The van der Waals surface area contributed by atoms with Crippen LogP contribution in [0.2, 0.25) is 0 Å². The molecule has 10 atom stereocenters. The van der Waals surface area contributed by atoms with Crippen LogP contribution in [0.3, 0.4) is 0 Å². The van der Waals surface area contributed by atoms with Gasteiger partial charge in [0.25, 0.3) is 0 Å². The van der Waals surface area contributed by atoms with Crippen LogP contribution in [0.1, 0.15) is 19.3 Å².